The van der Waals surface area contributed by atoms with Crippen molar-refractivity contribution in [2.24, 2.45) is 0 Å². The summed E-state index contributed by atoms with van der Waals surface area (Å²) in [6, 6.07) is 4.13. The number of hydrogen-bond donors (Lipinski definition) is 2. The number of carbonyl (C=O) groups is 1. The molecule has 1 fully saturated rings. The summed E-state index contributed by atoms with van der Waals surface area (Å²) < 4.78 is 52.1. The van der Waals surface area contributed by atoms with Crippen LogP contribution in [0, 0.1) is 12.7 Å². The predicted octanol–water partition coefficient (Wildman–Crippen LogP) is 4.16. The fourth-order valence-corrected chi connectivity index (χ4v) is 3.56. The lowest BCUT2D eigenvalue weighted by Crippen LogP contribution is -2.40. The first-order valence-corrected chi connectivity index (χ1v) is 10.00. The molecular formula is C21H25F4N5O. The van der Waals surface area contributed by atoms with E-state index in [9.17, 15) is 22.4 Å². The van der Waals surface area contributed by atoms with Crippen LogP contribution in [-0.2, 0) is 6.18 Å². The first-order chi connectivity index (χ1) is 14.5. The first-order valence-electron chi connectivity index (χ1n) is 10.00. The van der Waals surface area contributed by atoms with Crippen LogP contribution in [0.15, 0.2) is 24.3 Å². The van der Waals surface area contributed by atoms with Gasteiger partial charge in [-0.05, 0) is 50.8 Å². The van der Waals surface area contributed by atoms with Gasteiger partial charge in [0.2, 0.25) is 5.95 Å². The summed E-state index contributed by atoms with van der Waals surface area (Å²) in [6.07, 6.45) is -2.05. The van der Waals surface area contributed by atoms with Crippen LogP contribution in [0.1, 0.15) is 47.3 Å². The van der Waals surface area contributed by atoms with Crippen molar-refractivity contribution in [1.82, 2.24) is 15.3 Å². The van der Waals surface area contributed by atoms with Gasteiger partial charge in [0.25, 0.3) is 5.91 Å². The van der Waals surface area contributed by atoms with Gasteiger partial charge < -0.3 is 15.5 Å². The van der Waals surface area contributed by atoms with Gasteiger partial charge in [-0.2, -0.15) is 18.2 Å². The maximum absolute atomic E-state index is 13.4. The van der Waals surface area contributed by atoms with Gasteiger partial charge in [-0.3, -0.25) is 4.79 Å². The average Bonchev–Trinajstić information content (AvgIpc) is 2.68. The van der Waals surface area contributed by atoms with Crippen molar-refractivity contribution < 1.29 is 22.4 Å². The van der Waals surface area contributed by atoms with Crippen LogP contribution in [0.5, 0.6) is 0 Å². The molecule has 0 unspecified atom stereocenters. The van der Waals surface area contributed by atoms with Gasteiger partial charge >= 0.3 is 6.18 Å². The zero-order valence-corrected chi connectivity index (χ0v) is 17.6. The highest BCUT2D eigenvalue weighted by Crippen LogP contribution is 2.32. The van der Waals surface area contributed by atoms with E-state index in [1.54, 1.807) is 0 Å². The maximum atomic E-state index is 13.4. The van der Waals surface area contributed by atoms with E-state index >= 15 is 0 Å². The Morgan fingerprint density at radius 1 is 1.06 bits per heavy atom. The number of hydrogen-bond acceptors (Lipinski definition) is 5. The second-order valence-electron chi connectivity index (χ2n) is 7.94. The van der Waals surface area contributed by atoms with Gasteiger partial charge in [0.1, 0.15) is 11.6 Å². The highest BCUT2D eigenvalue weighted by atomic mass is 19.4. The number of aryl methyl sites for hydroxylation is 1. The summed E-state index contributed by atoms with van der Waals surface area (Å²) in [5, 5.41) is 6.08. The van der Waals surface area contributed by atoms with Gasteiger partial charge in [0.05, 0.1) is 5.56 Å². The van der Waals surface area contributed by atoms with Gasteiger partial charge in [0.15, 0.2) is 0 Å². The molecule has 1 heterocycles. The van der Waals surface area contributed by atoms with Gasteiger partial charge in [-0.15, -0.1) is 0 Å². The molecule has 1 aliphatic carbocycles. The summed E-state index contributed by atoms with van der Waals surface area (Å²) in [6.45, 7) is 1.89. The van der Waals surface area contributed by atoms with Crippen molar-refractivity contribution in [3.05, 3.63) is 46.9 Å². The lowest BCUT2D eigenvalue weighted by atomic mass is 9.91. The minimum Gasteiger partial charge on any atom is -0.363 e. The highest BCUT2D eigenvalue weighted by Gasteiger charge is 2.35. The Labute approximate surface area is 178 Å². The summed E-state index contributed by atoms with van der Waals surface area (Å²) in [4.78, 5) is 23.2. The normalized spacial score (nSPS) is 19.1. The summed E-state index contributed by atoms with van der Waals surface area (Å²) >= 11 is 0. The molecular weight excluding hydrogens is 414 g/mol. The van der Waals surface area contributed by atoms with Crippen LogP contribution in [0.2, 0.25) is 0 Å². The SMILES string of the molecule is Cc1cc(N(C)C)nc(NC2CCC(NC(=O)c3ccc(F)c(C(F)(F)F)c3)CC2)n1. The molecule has 0 spiro atoms. The number of amides is 1. The number of alkyl halides is 3. The average molecular weight is 439 g/mol. The Hall–Kier alpha value is -2.91. The number of nitrogens with one attached hydrogen (secondary N) is 2. The molecule has 0 radical (unpaired) electrons. The van der Waals surface area contributed by atoms with Crippen LogP contribution in [0.3, 0.4) is 0 Å². The fraction of sp³-hybridized carbons (Fsp3) is 0.476. The van der Waals surface area contributed by atoms with Gasteiger partial charge in [-0.1, -0.05) is 0 Å². The van der Waals surface area contributed by atoms with E-state index in [4.69, 9.17) is 0 Å². The number of anilines is 2. The van der Waals surface area contributed by atoms with Gasteiger partial charge in [-0.25, -0.2) is 9.37 Å². The van der Waals surface area contributed by atoms with Crippen molar-refractivity contribution in [2.75, 3.05) is 24.3 Å². The van der Waals surface area contributed by atoms with Crippen molar-refractivity contribution in [3.8, 4) is 0 Å². The molecule has 1 aromatic heterocycles. The van der Waals surface area contributed by atoms with Crippen LogP contribution < -0.4 is 15.5 Å². The second kappa shape index (κ2) is 9.07. The monoisotopic (exact) mass is 439 g/mol. The fourth-order valence-electron chi connectivity index (χ4n) is 3.56. The molecule has 0 saturated heterocycles. The molecule has 6 nitrogen and oxygen atoms in total. The number of aromatic nitrogens is 2. The lowest BCUT2D eigenvalue weighted by Gasteiger charge is -2.30. The largest absolute Gasteiger partial charge is 0.419 e. The van der Waals surface area contributed by atoms with Crippen LogP contribution in [-0.4, -0.2) is 42.1 Å². The van der Waals surface area contributed by atoms with Crippen molar-refractivity contribution in [3.63, 3.8) is 0 Å². The number of nitrogens with zero attached hydrogens (tertiary/aromatic N) is 3. The van der Waals surface area contributed by atoms with Crippen molar-refractivity contribution in [2.45, 2.75) is 50.9 Å². The molecule has 1 aromatic carbocycles. The summed E-state index contributed by atoms with van der Waals surface area (Å²) in [5.74, 6) is -0.693. The molecule has 1 aliphatic rings. The smallest absolute Gasteiger partial charge is 0.363 e. The van der Waals surface area contributed by atoms with E-state index in [2.05, 4.69) is 20.6 Å². The molecule has 2 aromatic rings. The molecule has 0 aliphatic heterocycles. The zero-order valence-electron chi connectivity index (χ0n) is 17.6. The van der Waals surface area contributed by atoms with E-state index in [1.165, 1.54) is 0 Å². The van der Waals surface area contributed by atoms with E-state index in [0.717, 1.165) is 30.4 Å². The third-order valence-corrected chi connectivity index (χ3v) is 5.23. The second-order valence-corrected chi connectivity index (χ2v) is 7.94. The summed E-state index contributed by atoms with van der Waals surface area (Å²) in [5.41, 5.74) is -0.804. The van der Waals surface area contributed by atoms with E-state index in [0.29, 0.717) is 30.9 Å². The van der Waals surface area contributed by atoms with E-state index in [1.807, 2.05) is 32.0 Å². The van der Waals surface area contributed by atoms with E-state index < -0.39 is 23.5 Å². The summed E-state index contributed by atoms with van der Waals surface area (Å²) in [7, 11) is 3.80. The molecule has 0 atom stereocenters. The minimum absolute atomic E-state index is 0.132. The Bertz CT molecular complexity index is 940. The van der Waals surface area contributed by atoms with E-state index in [-0.39, 0.29) is 17.6 Å². The standard InChI is InChI=1S/C21H25F4N5O/c1-12-10-18(30(2)3)29-20(26-12)28-15-7-5-14(6-8-15)27-19(31)13-4-9-17(22)16(11-13)21(23,24)25/h4,9-11,14-15H,5-8H2,1-3H3,(H,27,31)(H,26,28,29). The molecule has 3 rings (SSSR count). The number of carbonyl (C=O) groups excluding carboxylic acids is 1. The first kappa shape index (κ1) is 22.8. The number of halogens is 4. The topological polar surface area (TPSA) is 70.2 Å². The molecule has 1 amide bonds. The van der Waals surface area contributed by atoms with Crippen LogP contribution in [0.25, 0.3) is 0 Å². The molecule has 31 heavy (non-hydrogen) atoms. The Balaban J connectivity index is 1.57. The molecule has 10 heteroatoms. The minimum atomic E-state index is -4.85. The zero-order chi connectivity index (χ0) is 22.8. The molecule has 2 N–H and O–H groups in total. The number of rotatable bonds is 5. The van der Waals surface area contributed by atoms with Crippen LogP contribution >= 0.6 is 0 Å². The third kappa shape index (κ3) is 5.83. The Kier molecular flexibility index (Phi) is 6.66. The third-order valence-electron chi connectivity index (χ3n) is 5.23. The highest BCUT2D eigenvalue weighted by molar-refractivity contribution is 5.94. The lowest BCUT2D eigenvalue weighted by molar-refractivity contribution is -0.140. The predicted molar refractivity (Wildman–Crippen MR) is 110 cm³/mol. The van der Waals surface area contributed by atoms with Crippen molar-refractivity contribution in [1.29, 1.82) is 0 Å². The van der Waals surface area contributed by atoms with Crippen molar-refractivity contribution >= 4 is 17.7 Å². The molecule has 1 saturated carbocycles. The maximum Gasteiger partial charge on any atom is 0.419 e. The Morgan fingerprint density at radius 2 is 1.71 bits per heavy atom. The quantitative estimate of drug-likeness (QED) is 0.685. The van der Waals surface area contributed by atoms with Crippen LogP contribution in [0.4, 0.5) is 29.3 Å². The Morgan fingerprint density at radius 3 is 2.32 bits per heavy atom. The number of benzene rings is 1. The molecule has 0 bridgehead atoms. The molecule has 168 valence electrons. The van der Waals surface area contributed by atoms with Gasteiger partial charge in [0, 0.05) is 43.5 Å².